The molecule has 0 aromatic heterocycles. The Morgan fingerprint density at radius 2 is 1.68 bits per heavy atom. The number of hydrogen-bond acceptors (Lipinski definition) is 5. The number of esters is 1. The second-order valence-corrected chi connectivity index (χ2v) is 7.93. The Morgan fingerprint density at radius 3 is 2.26 bits per heavy atom. The van der Waals surface area contributed by atoms with Crippen LogP contribution >= 0.6 is 0 Å². The van der Waals surface area contributed by atoms with Gasteiger partial charge in [0.15, 0.2) is 0 Å². The van der Waals surface area contributed by atoms with Crippen LogP contribution in [0.3, 0.4) is 0 Å². The molecule has 0 aliphatic carbocycles. The SMILES string of the molecule is CCCCOC(=O)C(Cc1ccccc1)NC(=O)CNC(=O)C(CC(C)C)NC(C)=O. The summed E-state index contributed by atoms with van der Waals surface area (Å²) < 4.78 is 5.28. The predicted octanol–water partition coefficient (Wildman–Crippen LogP) is 1.72. The molecular weight excluding hydrogens is 398 g/mol. The molecule has 8 heteroatoms. The van der Waals surface area contributed by atoms with Crippen LogP contribution in [0, 0.1) is 5.92 Å². The summed E-state index contributed by atoms with van der Waals surface area (Å²) in [7, 11) is 0. The van der Waals surface area contributed by atoms with E-state index in [2.05, 4.69) is 16.0 Å². The highest BCUT2D eigenvalue weighted by Gasteiger charge is 2.24. The second-order valence-electron chi connectivity index (χ2n) is 7.93. The van der Waals surface area contributed by atoms with Gasteiger partial charge < -0.3 is 20.7 Å². The lowest BCUT2D eigenvalue weighted by atomic mass is 10.0. The highest BCUT2D eigenvalue weighted by Crippen LogP contribution is 2.06. The predicted molar refractivity (Wildman–Crippen MR) is 118 cm³/mol. The molecule has 31 heavy (non-hydrogen) atoms. The average Bonchev–Trinajstić information content (AvgIpc) is 2.71. The number of unbranched alkanes of at least 4 members (excludes halogenated alkanes) is 1. The minimum absolute atomic E-state index is 0.185. The molecule has 1 aromatic carbocycles. The molecule has 0 bridgehead atoms. The van der Waals surface area contributed by atoms with E-state index in [4.69, 9.17) is 4.74 Å². The molecule has 172 valence electrons. The maximum absolute atomic E-state index is 12.5. The van der Waals surface area contributed by atoms with Crippen molar-refractivity contribution in [3.63, 3.8) is 0 Å². The van der Waals surface area contributed by atoms with Gasteiger partial charge in [-0.05, 0) is 24.3 Å². The van der Waals surface area contributed by atoms with Crippen molar-refractivity contribution in [1.29, 1.82) is 0 Å². The van der Waals surface area contributed by atoms with Crippen LogP contribution in [0.1, 0.15) is 52.5 Å². The third-order valence-electron chi connectivity index (χ3n) is 4.47. The summed E-state index contributed by atoms with van der Waals surface area (Å²) in [5.74, 6) is -1.59. The molecule has 0 spiro atoms. The Kier molecular flexibility index (Phi) is 11.9. The lowest BCUT2D eigenvalue weighted by molar-refractivity contribution is -0.148. The van der Waals surface area contributed by atoms with E-state index in [1.54, 1.807) is 0 Å². The number of hydrogen-bond donors (Lipinski definition) is 3. The van der Waals surface area contributed by atoms with Crippen molar-refractivity contribution >= 4 is 23.7 Å². The van der Waals surface area contributed by atoms with E-state index in [0.717, 1.165) is 18.4 Å². The Bertz CT molecular complexity index is 721. The van der Waals surface area contributed by atoms with E-state index in [1.807, 2.05) is 51.1 Å². The molecule has 3 N–H and O–H groups in total. The molecule has 3 amide bonds. The van der Waals surface area contributed by atoms with E-state index in [1.165, 1.54) is 6.92 Å². The zero-order chi connectivity index (χ0) is 23.2. The van der Waals surface area contributed by atoms with E-state index in [9.17, 15) is 19.2 Å². The monoisotopic (exact) mass is 433 g/mol. The number of amides is 3. The summed E-state index contributed by atoms with van der Waals surface area (Å²) >= 11 is 0. The average molecular weight is 434 g/mol. The van der Waals surface area contributed by atoms with E-state index >= 15 is 0 Å². The Labute approximate surface area is 184 Å². The Morgan fingerprint density at radius 1 is 1.00 bits per heavy atom. The van der Waals surface area contributed by atoms with Gasteiger partial charge in [-0.3, -0.25) is 14.4 Å². The van der Waals surface area contributed by atoms with Gasteiger partial charge in [0.1, 0.15) is 12.1 Å². The number of rotatable bonds is 13. The molecule has 8 nitrogen and oxygen atoms in total. The fraction of sp³-hybridized carbons (Fsp3) is 0.565. The summed E-state index contributed by atoms with van der Waals surface area (Å²) in [6.45, 7) is 7.19. The molecule has 2 atom stereocenters. The van der Waals surface area contributed by atoms with Gasteiger partial charge in [0.2, 0.25) is 17.7 Å². The number of ether oxygens (including phenoxy) is 1. The molecule has 0 heterocycles. The van der Waals surface area contributed by atoms with Crippen LogP contribution in [0.15, 0.2) is 30.3 Å². The summed E-state index contributed by atoms with van der Waals surface area (Å²) in [6.07, 6.45) is 2.37. The highest BCUT2D eigenvalue weighted by molar-refractivity contribution is 5.91. The first-order chi connectivity index (χ1) is 14.7. The van der Waals surface area contributed by atoms with Gasteiger partial charge in [-0.15, -0.1) is 0 Å². The van der Waals surface area contributed by atoms with Gasteiger partial charge in [0, 0.05) is 13.3 Å². The van der Waals surface area contributed by atoms with Crippen molar-refractivity contribution in [2.45, 2.75) is 65.5 Å². The van der Waals surface area contributed by atoms with Gasteiger partial charge >= 0.3 is 5.97 Å². The topological polar surface area (TPSA) is 114 Å². The summed E-state index contributed by atoms with van der Waals surface area (Å²) in [4.78, 5) is 48.7. The molecular formula is C23H35N3O5. The molecule has 1 aromatic rings. The molecule has 0 aliphatic heterocycles. The number of benzene rings is 1. The normalized spacial score (nSPS) is 12.5. The van der Waals surface area contributed by atoms with Crippen molar-refractivity contribution in [3.8, 4) is 0 Å². The fourth-order valence-electron chi connectivity index (χ4n) is 2.95. The first-order valence-electron chi connectivity index (χ1n) is 10.8. The van der Waals surface area contributed by atoms with Crippen molar-refractivity contribution in [2.24, 2.45) is 5.92 Å². The van der Waals surface area contributed by atoms with Gasteiger partial charge in [-0.1, -0.05) is 57.5 Å². The fourth-order valence-corrected chi connectivity index (χ4v) is 2.95. The van der Waals surface area contributed by atoms with Crippen molar-refractivity contribution in [1.82, 2.24) is 16.0 Å². The van der Waals surface area contributed by atoms with Crippen molar-refractivity contribution in [3.05, 3.63) is 35.9 Å². The quantitative estimate of drug-likeness (QED) is 0.324. The van der Waals surface area contributed by atoms with Crippen LogP contribution < -0.4 is 16.0 Å². The van der Waals surface area contributed by atoms with E-state index in [0.29, 0.717) is 13.0 Å². The first-order valence-corrected chi connectivity index (χ1v) is 10.8. The van der Waals surface area contributed by atoms with Gasteiger partial charge in [0.05, 0.1) is 13.2 Å². The van der Waals surface area contributed by atoms with E-state index < -0.39 is 29.9 Å². The zero-order valence-electron chi connectivity index (χ0n) is 18.9. The van der Waals surface area contributed by atoms with Gasteiger partial charge in [-0.2, -0.15) is 0 Å². The molecule has 0 saturated heterocycles. The number of carbonyl (C=O) groups excluding carboxylic acids is 4. The maximum Gasteiger partial charge on any atom is 0.328 e. The standard InChI is InChI=1S/C23H35N3O5/c1-5-6-12-31-23(30)20(14-18-10-8-7-9-11-18)26-21(28)15-24-22(29)19(13-16(2)3)25-17(4)27/h7-11,16,19-20H,5-6,12-15H2,1-4H3,(H,24,29)(H,25,27)(H,26,28). The summed E-state index contributed by atoms with van der Waals surface area (Å²) in [5, 5.41) is 7.79. The van der Waals surface area contributed by atoms with E-state index in [-0.39, 0.29) is 24.8 Å². The van der Waals surface area contributed by atoms with Crippen LogP contribution in [0.5, 0.6) is 0 Å². The van der Waals surface area contributed by atoms with Crippen molar-refractivity contribution in [2.75, 3.05) is 13.2 Å². The Balaban J connectivity index is 2.70. The third kappa shape index (κ3) is 11.2. The first kappa shape index (κ1) is 26.1. The molecule has 0 saturated carbocycles. The second kappa shape index (κ2) is 14.2. The zero-order valence-corrected chi connectivity index (χ0v) is 18.9. The van der Waals surface area contributed by atoms with Gasteiger partial charge in [0.25, 0.3) is 0 Å². The Hall–Kier alpha value is -2.90. The van der Waals surface area contributed by atoms with Crippen LogP contribution in [0.25, 0.3) is 0 Å². The molecule has 2 unspecified atom stereocenters. The highest BCUT2D eigenvalue weighted by atomic mass is 16.5. The van der Waals surface area contributed by atoms with Crippen LogP contribution in [0.4, 0.5) is 0 Å². The molecule has 0 radical (unpaired) electrons. The number of nitrogens with one attached hydrogen (secondary N) is 3. The lowest BCUT2D eigenvalue weighted by Crippen LogP contribution is -2.51. The molecule has 1 rings (SSSR count). The minimum Gasteiger partial charge on any atom is -0.464 e. The largest absolute Gasteiger partial charge is 0.464 e. The van der Waals surface area contributed by atoms with Crippen LogP contribution in [-0.2, 0) is 30.3 Å². The van der Waals surface area contributed by atoms with Crippen LogP contribution in [-0.4, -0.2) is 48.9 Å². The number of carbonyl (C=O) groups is 4. The minimum atomic E-state index is -0.856. The third-order valence-corrected chi connectivity index (χ3v) is 4.47. The van der Waals surface area contributed by atoms with Gasteiger partial charge in [-0.25, -0.2) is 4.79 Å². The lowest BCUT2D eigenvalue weighted by Gasteiger charge is -2.20. The smallest absolute Gasteiger partial charge is 0.328 e. The molecule has 0 aliphatic rings. The maximum atomic E-state index is 12.5. The van der Waals surface area contributed by atoms with Crippen LogP contribution in [0.2, 0.25) is 0 Å². The van der Waals surface area contributed by atoms with Crippen molar-refractivity contribution < 1.29 is 23.9 Å². The summed E-state index contributed by atoms with van der Waals surface area (Å²) in [6, 6.07) is 7.74. The summed E-state index contributed by atoms with van der Waals surface area (Å²) in [5.41, 5.74) is 0.881. The molecule has 0 fully saturated rings.